The Morgan fingerprint density at radius 2 is 1.52 bits per heavy atom. The van der Waals surface area contributed by atoms with Crippen LogP contribution < -0.4 is 5.32 Å². The second-order valence-corrected chi connectivity index (χ2v) is 8.35. The van der Waals surface area contributed by atoms with E-state index in [0.29, 0.717) is 0 Å². The fourth-order valence-electron chi connectivity index (χ4n) is 3.21. The summed E-state index contributed by atoms with van der Waals surface area (Å²) in [4.78, 5) is 12.3. The van der Waals surface area contributed by atoms with Crippen molar-refractivity contribution in [3.63, 3.8) is 0 Å². The van der Waals surface area contributed by atoms with Gasteiger partial charge in [0.2, 0.25) is 5.91 Å². The first-order chi connectivity index (χ1) is 15.1. The highest BCUT2D eigenvalue weighted by Crippen LogP contribution is 2.25. The molecule has 0 aliphatic heterocycles. The zero-order valence-electron chi connectivity index (χ0n) is 17.5. The number of carbonyl (C=O) groups is 1. The quantitative estimate of drug-likeness (QED) is 0.376. The topological polar surface area (TPSA) is 54.9 Å². The first kappa shape index (κ1) is 20.8. The van der Waals surface area contributed by atoms with E-state index < -0.39 is 0 Å². The van der Waals surface area contributed by atoms with Gasteiger partial charge in [-0.15, -0.1) is 10.2 Å². The first-order valence-electron chi connectivity index (χ1n) is 10.1. The molecule has 0 fully saturated rings. The van der Waals surface area contributed by atoms with Gasteiger partial charge in [0, 0.05) is 11.3 Å². The molecule has 0 spiro atoms. The third kappa shape index (κ3) is 5.38. The van der Waals surface area contributed by atoms with E-state index in [-0.39, 0.29) is 11.7 Å². The number of nitrogens with one attached hydrogen (secondary N) is 1. The number of hydrogen-bond acceptors (Lipinski definition) is 4. The lowest BCUT2D eigenvalue weighted by molar-refractivity contribution is -0.113. The lowest BCUT2D eigenvalue weighted by Gasteiger charge is -2.09. The maximum absolute atomic E-state index is 12.3. The molecule has 5 heteroatoms. The van der Waals surface area contributed by atoms with Crippen LogP contribution in [0, 0.1) is 13.8 Å². The van der Waals surface area contributed by atoms with Crippen molar-refractivity contribution in [2.24, 2.45) is 0 Å². The first-order valence-corrected chi connectivity index (χ1v) is 11.1. The molecule has 0 saturated heterocycles. The Morgan fingerprint density at radius 1 is 0.806 bits per heavy atom. The molecule has 0 atom stereocenters. The third-order valence-electron chi connectivity index (χ3n) is 4.95. The van der Waals surface area contributed by atoms with Gasteiger partial charge in [0.25, 0.3) is 0 Å². The van der Waals surface area contributed by atoms with Gasteiger partial charge in [0.05, 0.1) is 11.4 Å². The van der Waals surface area contributed by atoms with Crippen LogP contribution >= 0.6 is 11.8 Å². The Hall–Kier alpha value is -3.44. The summed E-state index contributed by atoms with van der Waals surface area (Å²) in [7, 11) is 0. The number of carbonyl (C=O) groups excluding carboxylic acids is 1. The molecule has 1 N–H and O–H groups in total. The minimum Gasteiger partial charge on any atom is -0.325 e. The summed E-state index contributed by atoms with van der Waals surface area (Å²) in [5, 5.41) is 12.3. The maximum atomic E-state index is 12.3. The molecule has 0 unspecified atom stereocenters. The maximum Gasteiger partial charge on any atom is 0.234 e. The Kier molecular flexibility index (Phi) is 6.43. The second-order valence-electron chi connectivity index (χ2n) is 7.36. The van der Waals surface area contributed by atoms with Crippen LogP contribution in [0.2, 0.25) is 0 Å². The molecule has 0 bridgehead atoms. The number of hydrogen-bond donors (Lipinski definition) is 1. The molecule has 0 aliphatic rings. The van der Waals surface area contributed by atoms with Gasteiger partial charge in [0.15, 0.2) is 0 Å². The molecule has 1 aromatic heterocycles. The van der Waals surface area contributed by atoms with Crippen LogP contribution in [-0.2, 0) is 4.79 Å². The summed E-state index contributed by atoms with van der Waals surface area (Å²) in [5.41, 5.74) is 7.19. The van der Waals surface area contributed by atoms with E-state index in [1.54, 1.807) is 0 Å². The van der Waals surface area contributed by atoms with Gasteiger partial charge >= 0.3 is 0 Å². The van der Waals surface area contributed by atoms with E-state index in [9.17, 15) is 4.79 Å². The van der Waals surface area contributed by atoms with Crippen molar-refractivity contribution in [3.05, 3.63) is 96.1 Å². The Bertz CT molecular complexity index is 1170. The van der Waals surface area contributed by atoms with Crippen LogP contribution in [0.15, 0.2) is 90.0 Å². The highest BCUT2D eigenvalue weighted by molar-refractivity contribution is 7.99. The summed E-state index contributed by atoms with van der Waals surface area (Å²) in [6, 6.07) is 28.4. The molecule has 154 valence electrons. The van der Waals surface area contributed by atoms with Crippen molar-refractivity contribution in [1.29, 1.82) is 0 Å². The number of anilines is 1. The second kappa shape index (κ2) is 9.58. The molecule has 4 aromatic rings. The molecular weight excluding hydrogens is 402 g/mol. The summed E-state index contributed by atoms with van der Waals surface area (Å²) < 4.78 is 0. The summed E-state index contributed by atoms with van der Waals surface area (Å²) >= 11 is 1.38. The van der Waals surface area contributed by atoms with E-state index in [4.69, 9.17) is 0 Å². The van der Waals surface area contributed by atoms with E-state index in [1.807, 2.05) is 62.4 Å². The molecule has 4 nitrogen and oxygen atoms in total. The normalized spacial score (nSPS) is 10.6. The van der Waals surface area contributed by atoms with Gasteiger partial charge in [0.1, 0.15) is 5.03 Å². The van der Waals surface area contributed by atoms with Crippen molar-refractivity contribution in [1.82, 2.24) is 10.2 Å². The third-order valence-corrected chi connectivity index (χ3v) is 5.87. The summed E-state index contributed by atoms with van der Waals surface area (Å²) in [6.07, 6.45) is 0. The average molecular weight is 426 g/mol. The van der Waals surface area contributed by atoms with Crippen LogP contribution in [0.3, 0.4) is 0 Å². The lowest BCUT2D eigenvalue weighted by Crippen LogP contribution is -2.15. The summed E-state index contributed by atoms with van der Waals surface area (Å²) in [6.45, 7) is 4.00. The Morgan fingerprint density at radius 3 is 2.23 bits per heavy atom. The minimum atomic E-state index is -0.0546. The number of benzene rings is 3. The Balaban J connectivity index is 1.36. The van der Waals surface area contributed by atoms with Gasteiger partial charge in [-0.3, -0.25) is 4.79 Å². The fourth-order valence-corrected chi connectivity index (χ4v) is 3.83. The van der Waals surface area contributed by atoms with Crippen LogP contribution in [0.5, 0.6) is 0 Å². The van der Waals surface area contributed by atoms with Crippen molar-refractivity contribution in [2.75, 3.05) is 11.1 Å². The number of aryl methyl sites for hydroxylation is 2. The highest BCUT2D eigenvalue weighted by atomic mass is 32.2. The van der Waals surface area contributed by atoms with Gasteiger partial charge in [-0.05, 0) is 54.3 Å². The number of aromatic nitrogens is 2. The predicted molar refractivity (Wildman–Crippen MR) is 128 cm³/mol. The smallest absolute Gasteiger partial charge is 0.234 e. The monoisotopic (exact) mass is 425 g/mol. The lowest BCUT2D eigenvalue weighted by atomic mass is 10.0. The van der Waals surface area contributed by atoms with Crippen LogP contribution in [0.4, 0.5) is 5.69 Å². The van der Waals surface area contributed by atoms with Crippen molar-refractivity contribution < 1.29 is 4.79 Å². The van der Waals surface area contributed by atoms with E-state index in [0.717, 1.165) is 33.1 Å². The number of rotatable bonds is 6. The average Bonchev–Trinajstić information content (AvgIpc) is 2.81. The zero-order chi connectivity index (χ0) is 21.6. The SMILES string of the molecule is Cc1ccc(C)c(NC(=O)CSc2ccc(-c3ccc(-c4ccccc4)cc3)nn2)c1. The molecule has 1 amide bonds. The van der Waals surface area contributed by atoms with Crippen LogP contribution in [-0.4, -0.2) is 21.9 Å². The number of amides is 1. The molecule has 0 radical (unpaired) electrons. The molecular formula is C26H23N3OS. The van der Waals surface area contributed by atoms with Crippen molar-refractivity contribution >= 4 is 23.4 Å². The van der Waals surface area contributed by atoms with Crippen molar-refractivity contribution in [2.45, 2.75) is 18.9 Å². The zero-order valence-corrected chi connectivity index (χ0v) is 18.3. The number of nitrogens with zero attached hydrogens (tertiary/aromatic N) is 2. The van der Waals surface area contributed by atoms with Gasteiger partial charge in [-0.2, -0.15) is 0 Å². The fraction of sp³-hybridized carbons (Fsp3) is 0.115. The van der Waals surface area contributed by atoms with Crippen molar-refractivity contribution in [3.8, 4) is 22.4 Å². The molecule has 4 rings (SSSR count). The van der Waals surface area contributed by atoms with Gasteiger partial charge in [-0.1, -0.05) is 78.5 Å². The highest BCUT2D eigenvalue weighted by Gasteiger charge is 2.08. The van der Waals surface area contributed by atoms with E-state index >= 15 is 0 Å². The molecule has 31 heavy (non-hydrogen) atoms. The van der Waals surface area contributed by atoms with Crippen LogP contribution in [0.25, 0.3) is 22.4 Å². The molecule has 3 aromatic carbocycles. The minimum absolute atomic E-state index is 0.0546. The number of thioether (sulfide) groups is 1. The largest absolute Gasteiger partial charge is 0.325 e. The molecule has 0 saturated carbocycles. The van der Waals surface area contributed by atoms with Gasteiger partial charge < -0.3 is 5.32 Å². The van der Waals surface area contributed by atoms with E-state index in [1.165, 1.54) is 22.9 Å². The van der Waals surface area contributed by atoms with Crippen LogP contribution in [0.1, 0.15) is 11.1 Å². The molecule has 1 heterocycles. The van der Waals surface area contributed by atoms with E-state index in [2.05, 4.69) is 51.9 Å². The molecule has 0 aliphatic carbocycles. The van der Waals surface area contributed by atoms with Gasteiger partial charge in [-0.25, -0.2) is 0 Å². The Labute approximate surface area is 186 Å². The predicted octanol–water partition coefficient (Wildman–Crippen LogP) is 6.16. The summed E-state index contributed by atoms with van der Waals surface area (Å²) in [5.74, 6) is 0.230. The standard InChI is InChI=1S/C26H23N3OS/c1-18-8-9-19(2)24(16-18)27-25(30)17-31-26-15-14-23(28-29-26)22-12-10-21(11-13-22)20-6-4-3-5-7-20/h3-16H,17H2,1-2H3,(H,27,30).